The van der Waals surface area contributed by atoms with Gasteiger partial charge in [-0.2, -0.15) is 0 Å². The molecule has 1 amide bonds. The van der Waals surface area contributed by atoms with E-state index >= 15 is 0 Å². The first kappa shape index (κ1) is 20.7. The fourth-order valence-electron chi connectivity index (χ4n) is 4.20. The molecule has 3 heterocycles. The third-order valence-electron chi connectivity index (χ3n) is 5.99. The minimum absolute atomic E-state index is 0.0205. The van der Waals surface area contributed by atoms with Gasteiger partial charge in [0.1, 0.15) is 0 Å². The molecule has 0 saturated carbocycles. The highest BCUT2D eigenvalue weighted by atomic mass is 32.1. The first-order chi connectivity index (χ1) is 15.5. The van der Waals surface area contributed by atoms with Crippen LogP contribution in [0.2, 0.25) is 0 Å². The monoisotopic (exact) mass is 445 g/mol. The van der Waals surface area contributed by atoms with Crippen LogP contribution in [0.5, 0.6) is 0 Å². The number of anilines is 1. The van der Waals surface area contributed by atoms with E-state index in [1.807, 2.05) is 16.8 Å². The molecule has 1 saturated heterocycles. The Bertz CT molecular complexity index is 1210. The third-order valence-corrected chi connectivity index (χ3v) is 6.98. The standard InChI is InChI=1S/C25H27N5OS/c1-17-8-10-20(11-9-17)22-16-30-24(27-22)32-25(28-30)29-12-4-7-21(15-29)23(31)26-14-19-6-3-5-18(2)13-19/h3,5-6,8-11,13,16,21H,4,7,12,14-15H2,1-2H3,(H,26,31)/t21-/m1/s1. The lowest BCUT2D eigenvalue weighted by Crippen LogP contribution is -2.43. The minimum Gasteiger partial charge on any atom is -0.352 e. The van der Waals surface area contributed by atoms with Crippen LogP contribution in [0.3, 0.4) is 0 Å². The molecule has 0 unspecified atom stereocenters. The number of benzene rings is 2. The van der Waals surface area contributed by atoms with Crippen molar-refractivity contribution in [3.63, 3.8) is 0 Å². The number of hydrogen-bond donors (Lipinski definition) is 1. The van der Waals surface area contributed by atoms with E-state index in [1.165, 1.54) is 11.1 Å². The molecule has 1 aliphatic rings. The van der Waals surface area contributed by atoms with Gasteiger partial charge in [0, 0.05) is 25.2 Å². The van der Waals surface area contributed by atoms with Crippen molar-refractivity contribution in [1.29, 1.82) is 0 Å². The molecule has 0 radical (unpaired) electrons. The van der Waals surface area contributed by atoms with Crippen LogP contribution in [0.4, 0.5) is 5.13 Å². The van der Waals surface area contributed by atoms with Gasteiger partial charge in [0.25, 0.3) is 0 Å². The summed E-state index contributed by atoms with van der Waals surface area (Å²) in [5.41, 5.74) is 5.61. The molecule has 1 N–H and O–H groups in total. The lowest BCUT2D eigenvalue weighted by Gasteiger charge is -2.31. The Balaban J connectivity index is 1.25. The van der Waals surface area contributed by atoms with Crippen molar-refractivity contribution in [2.45, 2.75) is 33.2 Å². The molecule has 6 nitrogen and oxygen atoms in total. The number of carbonyl (C=O) groups is 1. The van der Waals surface area contributed by atoms with Crippen LogP contribution in [0.15, 0.2) is 54.7 Å². The third kappa shape index (κ3) is 4.39. The molecule has 0 bridgehead atoms. The molecule has 0 spiro atoms. The summed E-state index contributed by atoms with van der Waals surface area (Å²) in [6.45, 7) is 6.34. The number of aromatic nitrogens is 3. The number of nitrogens with one attached hydrogen (secondary N) is 1. The second-order valence-electron chi connectivity index (χ2n) is 8.60. The van der Waals surface area contributed by atoms with Crippen molar-refractivity contribution in [3.05, 3.63) is 71.4 Å². The van der Waals surface area contributed by atoms with Crippen LogP contribution < -0.4 is 10.2 Å². The highest BCUT2D eigenvalue weighted by molar-refractivity contribution is 7.20. The van der Waals surface area contributed by atoms with E-state index in [9.17, 15) is 4.79 Å². The predicted molar refractivity (Wildman–Crippen MR) is 129 cm³/mol. The number of aryl methyl sites for hydroxylation is 2. The summed E-state index contributed by atoms with van der Waals surface area (Å²) >= 11 is 1.58. The Morgan fingerprint density at radius 1 is 1.16 bits per heavy atom. The van der Waals surface area contributed by atoms with Crippen LogP contribution >= 0.6 is 11.3 Å². The smallest absolute Gasteiger partial charge is 0.225 e. The van der Waals surface area contributed by atoms with Gasteiger partial charge in [-0.15, -0.1) is 5.10 Å². The van der Waals surface area contributed by atoms with Gasteiger partial charge < -0.3 is 10.2 Å². The fourth-order valence-corrected chi connectivity index (χ4v) is 5.12. The van der Waals surface area contributed by atoms with Gasteiger partial charge >= 0.3 is 0 Å². The zero-order valence-electron chi connectivity index (χ0n) is 18.4. The van der Waals surface area contributed by atoms with Crippen molar-refractivity contribution in [2.24, 2.45) is 5.92 Å². The van der Waals surface area contributed by atoms with Gasteiger partial charge in [-0.1, -0.05) is 71.0 Å². The van der Waals surface area contributed by atoms with Crippen molar-refractivity contribution in [1.82, 2.24) is 19.9 Å². The maximum Gasteiger partial charge on any atom is 0.225 e. The van der Waals surface area contributed by atoms with E-state index in [1.54, 1.807) is 11.3 Å². The second-order valence-corrected chi connectivity index (χ2v) is 9.53. The zero-order chi connectivity index (χ0) is 22.1. The Hall–Kier alpha value is -3.19. The summed E-state index contributed by atoms with van der Waals surface area (Å²) in [7, 11) is 0. The maximum atomic E-state index is 12.8. The summed E-state index contributed by atoms with van der Waals surface area (Å²) < 4.78 is 1.86. The molecule has 7 heteroatoms. The van der Waals surface area contributed by atoms with Crippen LogP contribution in [0.25, 0.3) is 16.2 Å². The van der Waals surface area contributed by atoms with Gasteiger partial charge in [0.2, 0.25) is 16.0 Å². The van der Waals surface area contributed by atoms with Crippen LogP contribution in [0, 0.1) is 19.8 Å². The lowest BCUT2D eigenvalue weighted by molar-refractivity contribution is -0.125. The number of carbonyl (C=O) groups excluding carboxylic acids is 1. The molecular formula is C25H27N5OS. The summed E-state index contributed by atoms with van der Waals surface area (Å²) in [5.74, 6) is 0.104. The number of amides is 1. The first-order valence-electron chi connectivity index (χ1n) is 11.1. The number of imidazole rings is 1. The summed E-state index contributed by atoms with van der Waals surface area (Å²) in [4.78, 5) is 20.7. The zero-order valence-corrected chi connectivity index (χ0v) is 19.2. The normalized spacial score (nSPS) is 16.4. The minimum atomic E-state index is -0.0205. The molecule has 1 atom stereocenters. The molecule has 2 aromatic carbocycles. The predicted octanol–water partition coefficient (Wildman–Crippen LogP) is 4.61. The van der Waals surface area contributed by atoms with Gasteiger partial charge in [-0.3, -0.25) is 4.79 Å². The first-order valence-corrected chi connectivity index (χ1v) is 11.9. The Labute approximate surface area is 191 Å². The lowest BCUT2D eigenvalue weighted by atomic mass is 9.97. The highest BCUT2D eigenvalue weighted by Gasteiger charge is 2.27. The Morgan fingerprint density at radius 3 is 2.78 bits per heavy atom. The molecule has 5 rings (SSSR count). The topological polar surface area (TPSA) is 62.5 Å². The highest BCUT2D eigenvalue weighted by Crippen LogP contribution is 2.30. The molecule has 1 fully saturated rings. The number of fused-ring (bicyclic) bond motifs is 1. The van der Waals surface area contributed by atoms with Gasteiger partial charge in [-0.05, 0) is 32.3 Å². The van der Waals surface area contributed by atoms with Crippen molar-refractivity contribution >= 4 is 27.3 Å². The molecule has 32 heavy (non-hydrogen) atoms. The van der Waals surface area contributed by atoms with Crippen molar-refractivity contribution < 1.29 is 4.79 Å². The van der Waals surface area contributed by atoms with E-state index < -0.39 is 0 Å². The van der Waals surface area contributed by atoms with Crippen LogP contribution in [0.1, 0.15) is 29.5 Å². The van der Waals surface area contributed by atoms with Gasteiger partial charge in [0.05, 0.1) is 17.8 Å². The SMILES string of the molecule is Cc1ccc(-c2cn3nc(N4CCC[C@@H](C(=O)NCc5cccc(C)c5)C4)sc3n2)cc1. The number of nitrogens with zero attached hydrogens (tertiary/aromatic N) is 4. The average Bonchev–Trinajstić information content (AvgIpc) is 3.38. The quantitative estimate of drug-likeness (QED) is 0.487. The Morgan fingerprint density at radius 2 is 2.00 bits per heavy atom. The van der Waals surface area contributed by atoms with E-state index in [0.29, 0.717) is 13.1 Å². The number of piperidine rings is 1. The van der Waals surface area contributed by atoms with E-state index in [4.69, 9.17) is 10.1 Å². The summed E-state index contributed by atoms with van der Waals surface area (Å²) in [6, 6.07) is 16.6. The van der Waals surface area contributed by atoms with Crippen LogP contribution in [-0.4, -0.2) is 33.6 Å². The van der Waals surface area contributed by atoms with Crippen LogP contribution in [-0.2, 0) is 11.3 Å². The van der Waals surface area contributed by atoms with Crippen molar-refractivity contribution in [3.8, 4) is 11.3 Å². The van der Waals surface area contributed by atoms with E-state index in [2.05, 4.69) is 66.5 Å². The molecule has 164 valence electrons. The molecule has 2 aromatic heterocycles. The fraction of sp³-hybridized carbons (Fsp3) is 0.320. The van der Waals surface area contributed by atoms with E-state index in [0.717, 1.165) is 46.3 Å². The average molecular weight is 446 g/mol. The summed E-state index contributed by atoms with van der Waals surface area (Å²) in [5, 5.41) is 8.81. The number of rotatable bonds is 5. The maximum absolute atomic E-state index is 12.8. The van der Waals surface area contributed by atoms with Crippen molar-refractivity contribution in [2.75, 3.05) is 18.0 Å². The molecule has 0 aliphatic carbocycles. The largest absolute Gasteiger partial charge is 0.352 e. The molecular weight excluding hydrogens is 418 g/mol. The van der Waals surface area contributed by atoms with Gasteiger partial charge in [0.15, 0.2) is 0 Å². The number of hydrogen-bond acceptors (Lipinski definition) is 5. The molecule has 1 aliphatic heterocycles. The Kier molecular flexibility index (Phi) is 5.66. The molecule has 4 aromatic rings. The van der Waals surface area contributed by atoms with E-state index in [-0.39, 0.29) is 11.8 Å². The van der Waals surface area contributed by atoms with Gasteiger partial charge in [-0.25, -0.2) is 9.50 Å². The summed E-state index contributed by atoms with van der Waals surface area (Å²) in [6.07, 6.45) is 3.88. The second kappa shape index (κ2) is 8.74.